The van der Waals surface area contributed by atoms with Crippen LogP contribution >= 0.6 is 0 Å². The largest absolute Gasteiger partial charge is 0.327 e. The molecule has 0 radical (unpaired) electrons. The Bertz CT molecular complexity index is 444. The van der Waals surface area contributed by atoms with Crippen molar-refractivity contribution in [2.24, 2.45) is 0 Å². The topological polar surface area (TPSA) is 40.6 Å². The maximum absolute atomic E-state index is 12.2. The molecule has 0 bridgehead atoms. The van der Waals surface area contributed by atoms with Crippen LogP contribution in [0.5, 0.6) is 0 Å². The second-order valence-corrected chi connectivity index (χ2v) is 4.63. The molecule has 1 heterocycles. The second-order valence-electron chi connectivity index (χ2n) is 4.63. The van der Waals surface area contributed by atoms with Gasteiger partial charge < -0.3 is 4.90 Å². The van der Waals surface area contributed by atoms with E-state index in [0.29, 0.717) is 6.54 Å². The number of imide groups is 1. The van der Waals surface area contributed by atoms with Gasteiger partial charge >= 0.3 is 6.03 Å². The van der Waals surface area contributed by atoms with E-state index in [1.165, 1.54) is 4.90 Å². The molecule has 4 heteroatoms. The zero-order valence-corrected chi connectivity index (χ0v) is 10.8. The summed E-state index contributed by atoms with van der Waals surface area (Å²) in [6.07, 6.45) is 0.859. The fraction of sp³-hybridized carbons (Fsp3) is 0.429. The molecular weight excluding hydrogens is 228 g/mol. The lowest BCUT2D eigenvalue weighted by atomic mass is 10.2. The molecule has 2 rings (SSSR count). The Morgan fingerprint density at radius 2 is 1.89 bits per heavy atom. The first kappa shape index (κ1) is 12.6. The SMILES string of the molecule is CCC(C)N1CC(=O)N(Cc2ccccc2)C1=O. The van der Waals surface area contributed by atoms with Gasteiger partial charge in [0, 0.05) is 6.04 Å². The van der Waals surface area contributed by atoms with Gasteiger partial charge in [-0.25, -0.2) is 4.79 Å². The van der Waals surface area contributed by atoms with Crippen molar-refractivity contribution in [3.63, 3.8) is 0 Å². The molecule has 18 heavy (non-hydrogen) atoms. The van der Waals surface area contributed by atoms with Crippen molar-refractivity contribution in [2.75, 3.05) is 6.54 Å². The van der Waals surface area contributed by atoms with Crippen LogP contribution < -0.4 is 0 Å². The van der Waals surface area contributed by atoms with Gasteiger partial charge in [-0.3, -0.25) is 9.69 Å². The Morgan fingerprint density at radius 1 is 1.22 bits per heavy atom. The molecule has 1 aliphatic rings. The zero-order valence-electron chi connectivity index (χ0n) is 10.8. The van der Waals surface area contributed by atoms with Crippen LogP contribution in [0.1, 0.15) is 25.8 Å². The number of nitrogens with zero attached hydrogens (tertiary/aromatic N) is 2. The highest BCUT2D eigenvalue weighted by Crippen LogP contribution is 2.18. The molecule has 3 amide bonds. The summed E-state index contributed by atoms with van der Waals surface area (Å²) in [6.45, 7) is 4.56. The summed E-state index contributed by atoms with van der Waals surface area (Å²) < 4.78 is 0. The van der Waals surface area contributed by atoms with Gasteiger partial charge in [0.2, 0.25) is 0 Å². The molecule has 96 valence electrons. The van der Waals surface area contributed by atoms with Crippen molar-refractivity contribution in [1.29, 1.82) is 0 Å². The molecule has 1 aliphatic heterocycles. The Balaban J connectivity index is 2.10. The summed E-state index contributed by atoms with van der Waals surface area (Å²) in [5, 5.41) is 0. The molecule has 4 nitrogen and oxygen atoms in total. The number of benzene rings is 1. The standard InChI is InChI=1S/C14H18N2O2/c1-3-11(2)15-10-13(17)16(14(15)18)9-12-7-5-4-6-8-12/h4-8,11H,3,9-10H2,1-2H3. The van der Waals surface area contributed by atoms with Crippen LogP contribution in [0.2, 0.25) is 0 Å². The van der Waals surface area contributed by atoms with Crippen molar-refractivity contribution >= 4 is 11.9 Å². The van der Waals surface area contributed by atoms with E-state index in [-0.39, 0.29) is 24.5 Å². The van der Waals surface area contributed by atoms with Gasteiger partial charge in [0.25, 0.3) is 5.91 Å². The summed E-state index contributed by atoms with van der Waals surface area (Å²) in [5.41, 5.74) is 0.977. The summed E-state index contributed by atoms with van der Waals surface area (Å²) in [6, 6.07) is 9.53. The van der Waals surface area contributed by atoms with Crippen LogP contribution in [0.3, 0.4) is 0 Å². The Hall–Kier alpha value is -1.84. The van der Waals surface area contributed by atoms with E-state index in [0.717, 1.165) is 12.0 Å². The smallest absolute Gasteiger partial charge is 0.312 e. The fourth-order valence-electron chi connectivity index (χ4n) is 2.05. The van der Waals surface area contributed by atoms with Gasteiger partial charge in [-0.1, -0.05) is 37.3 Å². The molecule has 0 aromatic heterocycles. The molecule has 1 aromatic carbocycles. The van der Waals surface area contributed by atoms with Crippen molar-refractivity contribution in [1.82, 2.24) is 9.80 Å². The van der Waals surface area contributed by atoms with Crippen LogP contribution in [0.15, 0.2) is 30.3 Å². The molecule has 1 saturated heterocycles. The number of urea groups is 1. The first-order chi connectivity index (χ1) is 8.63. The van der Waals surface area contributed by atoms with E-state index in [4.69, 9.17) is 0 Å². The highest BCUT2D eigenvalue weighted by atomic mass is 16.2. The molecule has 0 spiro atoms. The lowest BCUT2D eigenvalue weighted by Gasteiger charge is -2.22. The maximum atomic E-state index is 12.2. The number of rotatable bonds is 4. The minimum absolute atomic E-state index is 0.107. The van der Waals surface area contributed by atoms with E-state index in [9.17, 15) is 9.59 Å². The van der Waals surface area contributed by atoms with E-state index >= 15 is 0 Å². The molecule has 0 N–H and O–H groups in total. The van der Waals surface area contributed by atoms with Gasteiger partial charge in [0.1, 0.15) is 6.54 Å². The lowest BCUT2D eigenvalue weighted by molar-refractivity contribution is -0.125. The Labute approximate surface area is 107 Å². The van der Waals surface area contributed by atoms with Gasteiger partial charge in [-0.15, -0.1) is 0 Å². The molecule has 1 aromatic rings. The fourth-order valence-corrected chi connectivity index (χ4v) is 2.05. The normalized spacial score (nSPS) is 17.4. The predicted octanol–water partition coefficient (Wildman–Crippen LogP) is 2.25. The number of carbonyl (C=O) groups excluding carboxylic acids is 2. The van der Waals surface area contributed by atoms with E-state index in [2.05, 4.69) is 0 Å². The third-order valence-electron chi connectivity index (χ3n) is 3.39. The van der Waals surface area contributed by atoms with Crippen molar-refractivity contribution in [3.8, 4) is 0 Å². The first-order valence-electron chi connectivity index (χ1n) is 6.28. The molecule has 1 unspecified atom stereocenters. The maximum Gasteiger partial charge on any atom is 0.327 e. The number of carbonyl (C=O) groups is 2. The monoisotopic (exact) mass is 246 g/mol. The van der Waals surface area contributed by atoms with E-state index in [1.54, 1.807) is 4.90 Å². The lowest BCUT2D eigenvalue weighted by Crippen LogP contribution is -2.37. The number of hydrogen-bond donors (Lipinski definition) is 0. The molecule has 0 aliphatic carbocycles. The van der Waals surface area contributed by atoms with Crippen LogP contribution in [-0.4, -0.2) is 34.3 Å². The first-order valence-corrected chi connectivity index (χ1v) is 6.28. The highest BCUT2D eigenvalue weighted by molar-refractivity contribution is 6.02. The molecule has 1 atom stereocenters. The van der Waals surface area contributed by atoms with Gasteiger partial charge in [-0.05, 0) is 18.9 Å². The second kappa shape index (κ2) is 5.21. The van der Waals surface area contributed by atoms with Crippen LogP contribution in [0, 0.1) is 0 Å². The van der Waals surface area contributed by atoms with Gasteiger partial charge in [0.15, 0.2) is 0 Å². The minimum Gasteiger partial charge on any atom is -0.312 e. The van der Waals surface area contributed by atoms with Crippen LogP contribution in [0.25, 0.3) is 0 Å². The summed E-state index contributed by atoms with van der Waals surface area (Å²) >= 11 is 0. The average molecular weight is 246 g/mol. The Morgan fingerprint density at radius 3 is 2.50 bits per heavy atom. The van der Waals surface area contributed by atoms with Gasteiger partial charge in [0.05, 0.1) is 6.54 Å². The third kappa shape index (κ3) is 2.37. The minimum atomic E-state index is -0.168. The molecule has 1 fully saturated rings. The summed E-state index contributed by atoms with van der Waals surface area (Å²) in [7, 11) is 0. The van der Waals surface area contributed by atoms with E-state index in [1.807, 2.05) is 44.2 Å². The number of amides is 3. The predicted molar refractivity (Wildman–Crippen MR) is 68.8 cm³/mol. The van der Waals surface area contributed by atoms with Crippen molar-refractivity contribution < 1.29 is 9.59 Å². The average Bonchev–Trinajstić information content (AvgIpc) is 2.67. The quantitative estimate of drug-likeness (QED) is 0.764. The van der Waals surface area contributed by atoms with Crippen molar-refractivity contribution in [3.05, 3.63) is 35.9 Å². The highest BCUT2D eigenvalue weighted by Gasteiger charge is 2.37. The molecular formula is C14H18N2O2. The number of hydrogen-bond acceptors (Lipinski definition) is 2. The third-order valence-corrected chi connectivity index (χ3v) is 3.39. The van der Waals surface area contributed by atoms with Gasteiger partial charge in [-0.2, -0.15) is 0 Å². The Kier molecular flexibility index (Phi) is 3.65. The van der Waals surface area contributed by atoms with Crippen LogP contribution in [-0.2, 0) is 11.3 Å². The zero-order chi connectivity index (χ0) is 13.1. The van der Waals surface area contributed by atoms with E-state index < -0.39 is 0 Å². The summed E-state index contributed by atoms with van der Waals surface area (Å²) in [5.74, 6) is -0.107. The van der Waals surface area contributed by atoms with Crippen LogP contribution in [0.4, 0.5) is 4.79 Å². The summed E-state index contributed by atoms with van der Waals surface area (Å²) in [4.78, 5) is 27.0. The van der Waals surface area contributed by atoms with Crippen molar-refractivity contribution in [2.45, 2.75) is 32.9 Å². The molecule has 0 saturated carbocycles.